The van der Waals surface area contributed by atoms with Crippen LogP contribution in [0, 0.1) is 5.92 Å². The first-order chi connectivity index (χ1) is 7.36. The molecule has 0 heteroatoms. The third-order valence-corrected chi connectivity index (χ3v) is 2.63. The standard InChI is InChI=1S/C15H21/c1-3-5-7-9-14-11-12-15(13-14)10-8-6-4-2/h3-4,11-13H,1-2,5-10H2. The van der Waals surface area contributed by atoms with Crippen molar-refractivity contribution in [2.24, 2.45) is 0 Å². The molecule has 0 spiro atoms. The van der Waals surface area contributed by atoms with E-state index in [4.69, 9.17) is 0 Å². The molecule has 0 bridgehead atoms. The second kappa shape index (κ2) is 7.28. The summed E-state index contributed by atoms with van der Waals surface area (Å²) in [6.07, 6.45) is 17.9. The van der Waals surface area contributed by atoms with Crippen molar-refractivity contribution in [3.63, 3.8) is 0 Å². The Morgan fingerprint density at radius 1 is 0.933 bits per heavy atom. The van der Waals surface area contributed by atoms with Gasteiger partial charge in [-0.2, -0.15) is 0 Å². The summed E-state index contributed by atoms with van der Waals surface area (Å²) in [5.41, 5.74) is 1.48. The Balaban J connectivity index is 2.19. The summed E-state index contributed by atoms with van der Waals surface area (Å²) in [6, 6.07) is 0. The van der Waals surface area contributed by atoms with E-state index in [-0.39, 0.29) is 0 Å². The molecule has 1 aliphatic carbocycles. The van der Waals surface area contributed by atoms with Crippen molar-refractivity contribution in [2.75, 3.05) is 0 Å². The van der Waals surface area contributed by atoms with Crippen LogP contribution in [0.2, 0.25) is 0 Å². The number of rotatable bonds is 8. The fraction of sp³-hybridized carbons (Fsp3) is 0.400. The first-order valence-electron chi connectivity index (χ1n) is 5.83. The summed E-state index contributed by atoms with van der Waals surface area (Å²) in [6.45, 7) is 7.48. The average molecular weight is 201 g/mol. The van der Waals surface area contributed by atoms with E-state index in [9.17, 15) is 0 Å². The van der Waals surface area contributed by atoms with Crippen molar-refractivity contribution < 1.29 is 0 Å². The predicted octanol–water partition coefficient (Wildman–Crippen LogP) is 4.77. The summed E-state index contributed by atoms with van der Waals surface area (Å²) in [5.74, 6) is 1.48. The highest BCUT2D eigenvalue weighted by atomic mass is 14.1. The summed E-state index contributed by atoms with van der Waals surface area (Å²) >= 11 is 0. The molecule has 0 aromatic heterocycles. The molecule has 0 saturated carbocycles. The van der Waals surface area contributed by atoms with Gasteiger partial charge in [-0.15, -0.1) is 13.2 Å². The number of allylic oxidation sites excluding steroid dienone is 6. The fourth-order valence-corrected chi connectivity index (χ4v) is 1.76. The fourth-order valence-electron chi connectivity index (χ4n) is 1.76. The van der Waals surface area contributed by atoms with Crippen LogP contribution in [0.25, 0.3) is 0 Å². The highest BCUT2D eigenvalue weighted by molar-refractivity contribution is 5.40. The Bertz CT molecular complexity index is 255. The minimum atomic E-state index is 1.12. The van der Waals surface area contributed by atoms with E-state index >= 15 is 0 Å². The third kappa shape index (κ3) is 4.83. The van der Waals surface area contributed by atoms with Gasteiger partial charge >= 0.3 is 0 Å². The summed E-state index contributed by atoms with van der Waals surface area (Å²) in [7, 11) is 0. The van der Waals surface area contributed by atoms with Crippen molar-refractivity contribution in [3.8, 4) is 0 Å². The molecular formula is C15H21. The minimum Gasteiger partial charge on any atom is -0.103 e. The molecule has 0 fully saturated rings. The third-order valence-electron chi connectivity index (χ3n) is 2.63. The van der Waals surface area contributed by atoms with E-state index in [0.717, 1.165) is 12.8 Å². The van der Waals surface area contributed by atoms with E-state index < -0.39 is 0 Å². The maximum atomic E-state index is 3.74. The molecule has 0 aliphatic heterocycles. The van der Waals surface area contributed by atoms with Crippen molar-refractivity contribution >= 4 is 0 Å². The summed E-state index contributed by atoms with van der Waals surface area (Å²) in [4.78, 5) is 0. The molecule has 0 aromatic rings. The second-order valence-corrected chi connectivity index (χ2v) is 3.99. The molecular weight excluding hydrogens is 180 g/mol. The lowest BCUT2D eigenvalue weighted by molar-refractivity contribution is 0.808. The lowest BCUT2D eigenvalue weighted by atomic mass is 10.0. The number of hydrogen-bond acceptors (Lipinski definition) is 0. The average Bonchev–Trinajstić information content (AvgIpc) is 2.67. The SMILES string of the molecule is C=CCCC[C]1C=CC(CCCC=C)=C1. The lowest BCUT2D eigenvalue weighted by Crippen LogP contribution is -1.85. The van der Waals surface area contributed by atoms with E-state index in [0.29, 0.717) is 0 Å². The zero-order valence-corrected chi connectivity index (χ0v) is 9.54. The highest BCUT2D eigenvalue weighted by Crippen LogP contribution is 2.26. The van der Waals surface area contributed by atoms with Gasteiger partial charge < -0.3 is 0 Å². The maximum absolute atomic E-state index is 3.74. The van der Waals surface area contributed by atoms with Crippen LogP contribution >= 0.6 is 0 Å². The van der Waals surface area contributed by atoms with Crippen molar-refractivity contribution in [1.29, 1.82) is 0 Å². The molecule has 1 rings (SSSR count). The van der Waals surface area contributed by atoms with Crippen LogP contribution in [0.4, 0.5) is 0 Å². The first kappa shape index (κ1) is 12.0. The Hall–Kier alpha value is -1.04. The van der Waals surface area contributed by atoms with E-state index in [1.54, 1.807) is 0 Å². The molecule has 81 valence electrons. The minimum absolute atomic E-state index is 1.12. The Morgan fingerprint density at radius 2 is 1.60 bits per heavy atom. The number of hydrogen-bond donors (Lipinski definition) is 0. The topological polar surface area (TPSA) is 0 Å². The highest BCUT2D eigenvalue weighted by Gasteiger charge is 2.08. The van der Waals surface area contributed by atoms with Gasteiger partial charge in [-0.25, -0.2) is 0 Å². The van der Waals surface area contributed by atoms with E-state index in [1.807, 2.05) is 12.2 Å². The van der Waals surface area contributed by atoms with Gasteiger partial charge in [0.15, 0.2) is 0 Å². The molecule has 1 radical (unpaired) electrons. The monoisotopic (exact) mass is 201 g/mol. The molecule has 0 amide bonds. The quantitative estimate of drug-likeness (QED) is 0.392. The summed E-state index contributed by atoms with van der Waals surface area (Å²) in [5, 5.41) is 0. The van der Waals surface area contributed by atoms with Crippen LogP contribution in [0.3, 0.4) is 0 Å². The van der Waals surface area contributed by atoms with Gasteiger partial charge in [0.2, 0.25) is 0 Å². The molecule has 0 aromatic carbocycles. The van der Waals surface area contributed by atoms with Crippen molar-refractivity contribution in [2.45, 2.75) is 38.5 Å². The lowest BCUT2D eigenvalue weighted by Gasteiger charge is -2.02. The van der Waals surface area contributed by atoms with E-state index in [2.05, 4.69) is 31.4 Å². The van der Waals surface area contributed by atoms with Crippen LogP contribution in [0.15, 0.2) is 49.1 Å². The predicted molar refractivity (Wildman–Crippen MR) is 68.6 cm³/mol. The van der Waals surface area contributed by atoms with Crippen LogP contribution in [0.1, 0.15) is 38.5 Å². The zero-order chi connectivity index (χ0) is 10.9. The molecule has 15 heavy (non-hydrogen) atoms. The van der Waals surface area contributed by atoms with Gasteiger partial charge in [0, 0.05) is 5.92 Å². The van der Waals surface area contributed by atoms with Crippen molar-refractivity contribution in [3.05, 3.63) is 55.0 Å². The van der Waals surface area contributed by atoms with Crippen LogP contribution in [-0.4, -0.2) is 0 Å². The molecule has 0 nitrogen and oxygen atoms in total. The van der Waals surface area contributed by atoms with Gasteiger partial charge in [-0.1, -0.05) is 36.0 Å². The molecule has 0 atom stereocenters. The Labute approximate surface area is 94.1 Å². The largest absolute Gasteiger partial charge is 0.103 e. The Morgan fingerprint density at radius 3 is 2.27 bits per heavy atom. The Kier molecular flexibility index (Phi) is 5.84. The van der Waals surface area contributed by atoms with Gasteiger partial charge in [0.05, 0.1) is 0 Å². The van der Waals surface area contributed by atoms with Gasteiger partial charge in [0.25, 0.3) is 0 Å². The molecule has 0 saturated heterocycles. The van der Waals surface area contributed by atoms with Gasteiger partial charge in [-0.05, 0) is 38.5 Å². The van der Waals surface area contributed by atoms with Gasteiger partial charge in [0.1, 0.15) is 0 Å². The van der Waals surface area contributed by atoms with Crippen LogP contribution in [0.5, 0.6) is 0 Å². The smallest absolute Gasteiger partial charge is 0.0196 e. The maximum Gasteiger partial charge on any atom is 0.0196 e. The summed E-state index contributed by atoms with van der Waals surface area (Å²) < 4.78 is 0. The van der Waals surface area contributed by atoms with Crippen molar-refractivity contribution in [1.82, 2.24) is 0 Å². The first-order valence-corrected chi connectivity index (χ1v) is 5.83. The zero-order valence-electron chi connectivity index (χ0n) is 9.54. The normalized spacial score (nSPS) is 15.3. The molecule has 0 heterocycles. The van der Waals surface area contributed by atoms with Crippen LogP contribution in [-0.2, 0) is 0 Å². The van der Waals surface area contributed by atoms with Gasteiger partial charge in [-0.3, -0.25) is 0 Å². The van der Waals surface area contributed by atoms with E-state index in [1.165, 1.54) is 37.2 Å². The molecule has 0 N–H and O–H groups in total. The molecule has 0 unspecified atom stereocenters. The van der Waals surface area contributed by atoms with Crippen LogP contribution < -0.4 is 0 Å². The second-order valence-electron chi connectivity index (χ2n) is 3.99. The molecule has 1 aliphatic rings. The number of unbranched alkanes of at least 4 members (excludes halogenated alkanes) is 2.